The van der Waals surface area contributed by atoms with Gasteiger partial charge in [-0.05, 0) is 25.1 Å². The molecule has 1 aromatic carbocycles. The number of aromatic amines is 1. The maximum atomic E-state index is 12.6. The van der Waals surface area contributed by atoms with Crippen molar-refractivity contribution in [3.05, 3.63) is 58.5 Å². The smallest absolute Gasteiger partial charge is 0.362 e. The predicted octanol–water partition coefficient (Wildman–Crippen LogP) is 2.16. The first kappa shape index (κ1) is 13.9. The van der Waals surface area contributed by atoms with E-state index in [2.05, 4.69) is 15.2 Å². The van der Waals surface area contributed by atoms with E-state index in [1.165, 1.54) is 0 Å². The van der Waals surface area contributed by atoms with E-state index in [4.69, 9.17) is 4.74 Å². The monoisotopic (exact) mass is 295 g/mol. The number of aromatic nitrogens is 3. The van der Waals surface area contributed by atoms with Crippen molar-refractivity contribution >= 4 is 16.9 Å². The highest BCUT2D eigenvalue weighted by Crippen LogP contribution is 2.23. The molecule has 0 saturated heterocycles. The molecule has 0 atom stereocenters. The average molecular weight is 295 g/mol. The highest BCUT2D eigenvalue weighted by Gasteiger charge is 2.18. The minimum atomic E-state index is -0.735. The topological polar surface area (TPSA) is 84.9 Å². The summed E-state index contributed by atoms with van der Waals surface area (Å²) in [7, 11) is 0. The molecule has 0 unspecified atom stereocenters. The third-order valence-corrected chi connectivity index (χ3v) is 3.20. The predicted molar refractivity (Wildman–Crippen MR) is 81.6 cm³/mol. The first-order chi connectivity index (χ1) is 10.7. The molecule has 0 amide bonds. The second-order valence-electron chi connectivity index (χ2n) is 4.56. The van der Waals surface area contributed by atoms with Crippen LogP contribution in [0.4, 0.5) is 0 Å². The van der Waals surface area contributed by atoms with E-state index in [1.54, 1.807) is 43.5 Å². The van der Waals surface area contributed by atoms with Gasteiger partial charge in [0.25, 0.3) is 0 Å². The van der Waals surface area contributed by atoms with Crippen molar-refractivity contribution in [1.82, 2.24) is 15.2 Å². The summed E-state index contributed by atoms with van der Waals surface area (Å²) in [5.74, 6) is -0.735. The van der Waals surface area contributed by atoms with Gasteiger partial charge in [-0.25, -0.2) is 4.79 Å². The van der Waals surface area contributed by atoms with Crippen LogP contribution in [0.25, 0.3) is 22.2 Å². The molecule has 0 fully saturated rings. The largest absolute Gasteiger partial charge is 0.461 e. The number of hydrogen-bond donors (Lipinski definition) is 1. The van der Waals surface area contributed by atoms with Crippen LogP contribution in [0, 0.1) is 0 Å². The molecule has 3 rings (SSSR count). The SMILES string of the molecule is CCOC(=O)c1n[nH]c2cccc(-c3ccccn3)c2c1=O. The van der Waals surface area contributed by atoms with Crippen molar-refractivity contribution in [3.8, 4) is 11.3 Å². The van der Waals surface area contributed by atoms with E-state index in [1.807, 2.05) is 6.07 Å². The number of carbonyl (C=O) groups is 1. The van der Waals surface area contributed by atoms with Crippen molar-refractivity contribution in [2.24, 2.45) is 0 Å². The zero-order valence-electron chi connectivity index (χ0n) is 11.9. The highest BCUT2D eigenvalue weighted by molar-refractivity contribution is 5.97. The molecule has 6 heteroatoms. The van der Waals surface area contributed by atoms with Gasteiger partial charge in [-0.15, -0.1) is 0 Å². The van der Waals surface area contributed by atoms with Gasteiger partial charge in [0.2, 0.25) is 11.1 Å². The van der Waals surface area contributed by atoms with Gasteiger partial charge in [-0.2, -0.15) is 5.10 Å². The first-order valence-electron chi connectivity index (χ1n) is 6.82. The second-order valence-corrected chi connectivity index (χ2v) is 4.56. The fourth-order valence-electron chi connectivity index (χ4n) is 2.25. The quantitative estimate of drug-likeness (QED) is 0.748. The van der Waals surface area contributed by atoms with Crippen molar-refractivity contribution in [2.45, 2.75) is 6.92 Å². The lowest BCUT2D eigenvalue weighted by Crippen LogP contribution is -2.21. The van der Waals surface area contributed by atoms with E-state index < -0.39 is 11.4 Å². The Morgan fingerprint density at radius 3 is 2.82 bits per heavy atom. The summed E-state index contributed by atoms with van der Waals surface area (Å²) >= 11 is 0. The molecule has 0 saturated carbocycles. The molecule has 3 aromatic rings. The van der Waals surface area contributed by atoms with Crippen LogP contribution in [0.1, 0.15) is 17.4 Å². The van der Waals surface area contributed by atoms with Crippen molar-refractivity contribution in [2.75, 3.05) is 6.61 Å². The van der Waals surface area contributed by atoms with Gasteiger partial charge in [0, 0.05) is 11.8 Å². The number of pyridine rings is 1. The van der Waals surface area contributed by atoms with Gasteiger partial charge in [0.1, 0.15) is 0 Å². The van der Waals surface area contributed by atoms with E-state index in [-0.39, 0.29) is 12.3 Å². The van der Waals surface area contributed by atoms with Crippen LogP contribution in [0.2, 0.25) is 0 Å². The third-order valence-electron chi connectivity index (χ3n) is 3.20. The number of hydrogen-bond acceptors (Lipinski definition) is 5. The summed E-state index contributed by atoms with van der Waals surface area (Å²) in [6.07, 6.45) is 1.65. The Morgan fingerprint density at radius 2 is 2.09 bits per heavy atom. The van der Waals surface area contributed by atoms with Crippen LogP contribution < -0.4 is 5.43 Å². The number of esters is 1. The first-order valence-corrected chi connectivity index (χ1v) is 6.82. The number of carbonyl (C=O) groups excluding carboxylic acids is 1. The van der Waals surface area contributed by atoms with E-state index in [0.29, 0.717) is 22.2 Å². The van der Waals surface area contributed by atoms with Crippen LogP contribution in [0.5, 0.6) is 0 Å². The van der Waals surface area contributed by atoms with Gasteiger partial charge < -0.3 is 4.74 Å². The number of fused-ring (bicyclic) bond motifs is 1. The Morgan fingerprint density at radius 1 is 1.23 bits per heavy atom. The molecule has 0 bridgehead atoms. The molecular weight excluding hydrogens is 282 g/mol. The fraction of sp³-hybridized carbons (Fsp3) is 0.125. The number of nitrogens with one attached hydrogen (secondary N) is 1. The number of ether oxygens (including phenoxy) is 1. The van der Waals surface area contributed by atoms with Gasteiger partial charge in [0.15, 0.2) is 0 Å². The summed E-state index contributed by atoms with van der Waals surface area (Å²) in [5.41, 5.74) is 1.12. The molecule has 1 N–H and O–H groups in total. The maximum Gasteiger partial charge on any atom is 0.362 e. The molecule has 6 nitrogen and oxygen atoms in total. The number of rotatable bonds is 3. The minimum Gasteiger partial charge on any atom is -0.461 e. The van der Waals surface area contributed by atoms with Crippen molar-refractivity contribution in [1.29, 1.82) is 0 Å². The second kappa shape index (κ2) is 5.77. The Bertz CT molecular complexity index is 888. The van der Waals surface area contributed by atoms with E-state index in [9.17, 15) is 9.59 Å². The van der Waals surface area contributed by atoms with Crippen LogP contribution in [-0.4, -0.2) is 27.8 Å². The summed E-state index contributed by atoms with van der Waals surface area (Å²) < 4.78 is 4.87. The summed E-state index contributed by atoms with van der Waals surface area (Å²) in [5, 5.41) is 6.93. The Balaban J connectivity index is 2.29. The molecular formula is C16H13N3O3. The Kier molecular flexibility index (Phi) is 3.65. The molecule has 2 heterocycles. The summed E-state index contributed by atoms with van der Waals surface area (Å²) in [6, 6.07) is 10.7. The lowest BCUT2D eigenvalue weighted by atomic mass is 10.0. The molecule has 22 heavy (non-hydrogen) atoms. The van der Waals surface area contributed by atoms with Gasteiger partial charge in [0.05, 0.1) is 23.2 Å². The highest BCUT2D eigenvalue weighted by atomic mass is 16.5. The van der Waals surface area contributed by atoms with Crippen LogP contribution in [-0.2, 0) is 4.74 Å². The zero-order valence-corrected chi connectivity index (χ0v) is 11.9. The van der Waals surface area contributed by atoms with Crippen molar-refractivity contribution < 1.29 is 9.53 Å². The molecule has 0 aliphatic rings. The molecule has 0 spiro atoms. The van der Waals surface area contributed by atoms with Gasteiger partial charge >= 0.3 is 5.97 Å². The maximum absolute atomic E-state index is 12.6. The van der Waals surface area contributed by atoms with Crippen LogP contribution in [0.3, 0.4) is 0 Å². The molecule has 110 valence electrons. The Labute approximate surface area is 125 Å². The zero-order chi connectivity index (χ0) is 15.5. The number of benzene rings is 1. The molecule has 0 aliphatic carbocycles. The Hall–Kier alpha value is -3.02. The van der Waals surface area contributed by atoms with E-state index in [0.717, 1.165) is 0 Å². The third kappa shape index (κ3) is 2.35. The van der Waals surface area contributed by atoms with Crippen molar-refractivity contribution in [3.63, 3.8) is 0 Å². The molecule has 0 aliphatic heterocycles. The van der Waals surface area contributed by atoms with E-state index >= 15 is 0 Å². The van der Waals surface area contributed by atoms with Gasteiger partial charge in [-0.1, -0.05) is 18.2 Å². The standard InChI is InChI=1S/C16H13N3O3/c1-2-22-16(21)14-15(20)13-10(11-7-3-4-9-17-11)6-5-8-12(13)18-19-14/h3-9H,2H2,1H3,(H,18,20). The number of nitrogens with zero attached hydrogens (tertiary/aromatic N) is 2. The summed E-state index contributed by atoms with van der Waals surface area (Å²) in [4.78, 5) is 28.7. The minimum absolute atomic E-state index is 0.180. The molecule has 2 aromatic heterocycles. The number of H-pyrrole nitrogens is 1. The molecule has 0 radical (unpaired) electrons. The lowest BCUT2D eigenvalue weighted by Gasteiger charge is -2.06. The lowest BCUT2D eigenvalue weighted by molar-refractivity contribution is 0.0517. The normalized spacial score (nSPS) is 10.6. The fourth-order valence-corrected chi connectivity index (χ4v) is 2.25. The van der Waals surface area contributed by atoms with Crippen LogP contribution >= 0.6 is 0 Å². The van der Waals surface area contributed by atoms with Gasteiger partial charge in [-0.3, -0.25) is 14.9 Å². The average Bonchev–Trinajstić information content (AvgIpc) is 2.55. The summed E-state index contributed by atoms with van der Waals surface area (Å²) in [6.45, 7) is 1.85. The van der Waals surface area contributed by atoms with Crippen LogP contribution in [0.15, 0.2) is 47.4 Å².